The third-order valence-corrected chi connectivity index (χ3v) is 5.55. The van der Waals surface area contributed by atoms with Crippen molar-refractivity contribution in [1.82, 2.24) is 4.90 Å². The number of nitrogens with zero attached hydrogens (tertiary/aromatic N) is 1. The molecule has 0 saturated carbocycles. The van der Waals surface area contributed by atoms with E-state index in [4.69, 9.17) is 0 Å². The molecule has 1 aliphatic heterocycles. The summed E-state index contributed by atoms with van der Waals surface area (Å²) in [6.45, 7) is 1.44. The Balaban J connectivity index is 1.65. The van der Waals surface area contributed by atoms with Crippen LogP contribution in [-0.2, 0) is 21.2 Å². The van der Waals surface area contributed by atoms with Crippen LogP contribution < -0.4 is 4.72 Å². The van der Waals surface area contributed by atoms with Crippen LogP contribution >= 0.6 is 0 Å². The molecule has 0 radical (unpaired) electrons. The van der Waals surface area contributed by atoms with Gasteiger partial charge in [0, 0.05) is 19.5 Å². The standard InChI is InChI=1S/C18H19FN2O3S/c19-15-3-1-4-16(13-15)20-25(23,24)17-8-6-14(7-9-17)10-12-21-11-2-5-18(21)22/h1,3-4,6-9,13,20H,2,5,10-12H2. The van der Waals surface area contributed by atoms with Crippen molar-refractivity contribution < 1.29 is 17.6 Å². The molecule has 1 aliphatic rings. The smallest absolute Gasteiger partial charge is 0.261 e. The second-order valence-corrected chi connectivity index (χ2v) is 7.68. The highest BCUT2D eigenvalue weighted by Gasteiger charge is 2.19. The first-order valence-corrected chi connectivity index (χ1v) is 9.57. The Morgan fingerprint density at radius 3 is 2.52 bits per heavy atom. The molecule has 1 N–H and O–H groups in total. The van der Waals surface area contributed by atoms with Gasteiger partial charge in [-0.25, -0.2) is 12.8 Å². The lowest BCUT2D eigenvalue weighted by atomic mass is 10.1. The van der Waals surface area contributed by atoms with Gasteiger partial charge in [0.2, 0.25) is 5.91 Å². The molecule has 0 atom stereocenters. The van der Waals surface area contributed by atoms with Gasteiger partial charge in [-0.3, -0.25) is 9.52 Å². The summed E-state index contributed by atoms with van der Waals surface area (Å²) in [6, 6.07) is 11.8. The van der Waals surface area contributed by atoms with Gasteiger partial charge in [-0.2, -0.15) is 0 Å². The Morgan fingerprint density at radius 2 is 1.88 bits per heavy atom. The first kappa shape index (κ1) is 17.4. The molecule has 7 heteroatoms. The molecule has 1 fully saturated rings. The number of benzene rings is 2. The summed E-state index contributed by atoms with van der Waals surface area (Å²) in [5.74, 6) is -0.328. The van der Waals surface area contributed by atoms with Crippen molar-refractivity contribution in [2.75, 3.05) is 17.8 Å². The number of nitrogens with one attached hydrogen (secondary N) is 1. The van der Waals surface area contributed by atoms with Crippen LogP contribution in [0.4, 0.5) is 10.1 Å². The lowest BCUT2D eigenvalue weighted by Crippen LogP contribution is -2.26. The van der Waals surface area contributed by atoms with E-state index in [0.29, 0.717) is 19.4 Å². The van der Waals surface area contributed by atoms with Crippen LogP contribution in [0.2, 0.25) is 0 Å². The van der Waals surface area contributed by atoms with Crippen molar-refractivity contribution in [3.05, 3.63) is 59.9 Å². The van der Waals surface area contributed by atoms with E-state index in [0.717, 1.165) is 24.6 Å². The summed E-state index contributed by atoms with van der Waals surface area (Å²) in [7, 11) is -3.77. The molecular formula is C18H19FN2O3S. The minimum Gasteiger partial charge on any atom is -0.342 e. The SMILES string of the molecule is O=C1CCCN1CCc1ccc(S(=O)(=O)Nc2cccc(F)c2)cc1. The van der Waals surface area contributed by atoms with E-state index in [-0.39, 0.29) is 16.5 Å². The van der Waals surface area contributed by atoms with Crippen LogP contribution in [-0.4, -0.2) is 32.3 Å². The number of hydrogen-bond donors (Lipinski definition) is 1. The fraction of sp³-hybridized carbons (Fsp3) is 0.278. The Labute approximate surface area is 146 Å². The topological polar surface area (TPSA) is 66.5 Å². The van der Waals surface area contributed by atoms with Crippen molar-refractivity contribution in [3.63, 3.8) is 0 Å². The number of carbonyl (C=O) groups excluding carboxylic acids is 1. The first-order valence-electron chi connectivity index (χ1n) is 8.09. The quantitative estimate of drug-likeness (QED) is 0.859. The van der Waals surface area contributed by atoms with Crippen molar-refractivity contribution >= 4 is 21.6 Å². The highest BCUT2D eigenvalue weighted by atomic mass is 32.2. The van der Waals surface area contributed by atoms with E-state index in [1.54, 1.807) is 12.1 Å². The molecule has 0 spiro atoms. The molecule has 1 heterocycles. The predicted molar refractivity (Wildman–Crippen MR) is 93.2 cm³/mol. The number of likely N-dealkylation sites (tertiary alicyclic amines) is 1. The van der Waals surface area contributed by atoms with E-state index in [1.807, 2.05) is 4.90 Å². The zero-order valence-electron chi connectivity index (χ0n) is 13.6. The lowest BCUT2D eigenvalue weighted by Gasteiger charge is -2.15. The minimum atomic E-state index is -3.77. The summed E-state index contributed by atoms with van der Waals surface area (Å²) in [5, 5.41) is 0. The van der Waals surface area contributed by atoms with E-state index in [9.17, 15) is 17.6 Å². The molecular weight excluding hydrogens is 343 g/mol. The number of anilines is 1. The second-order valence-electron chi connectivity index (χ2n) is 5.99. The van der Waals surface area contributed by atoms with Crippen LogP contribution in [0.15, 0.2) is 53.4 Å². The average molecular weight is 362 g/mol. The summed E-state index contributed by atoms with van der Waals surface area (Å²) in [4.78, 5) is 13.5. The van der Waals surface area contributed by atoms with Crippen molar-refractivity contribution in [1.29, 1.82) is 0 Å². The first-order chi connectivity index (χ1) is 11.9. The largest absolute Gasteiger partial charge is 0.342 e. The van der Waals surface area contributed by atoms with Crippen LogP contribution in [0.25, 0.3) is 0 Å². The zero-order chi connectivity index (χ0) is 17.9. The maximum absolute atomic E-state index is 13.2. The van der Waals surface area contributed by atoms with E-state index in [2.05, 4.69) is 4.72 Å². The Bertz CT molecular complexity index is 866. The highest BCUT2D eigenvalue weighted by Crippen LogP contribution is 2.18. The molecule has 1 saturated heterocycles. The molecule has 25 heavy (non-hydrogen) atoms. The monoisotopic (exact) mass is 362 g/mol. The van der Waals surface area contributed by atoms with Gasteiger partial charge in [-0.15, -0.1) is 0 Å². The normalized spacial score (nSPS) is 14.8. The summed E-state index contributed by atoms with van der Waals surface area (Å²) in [6.07, 6.45) is 2.20. The molecule has 5 nitrogen and oxygen atoms in total. The summed E-state index contributed by atoms with van der Waals surface area (Å²) < 4.78 is 40.2. The van der Waals surface area contributed by atoms with E-state index in [1.165, 1.54) is 30.3 Å². The van der Waals surface area contributed by atoms with E-state index < -0.39 is 15.8 Å². The van der Waals surface area contributed by atoms with Gasteiger partial charge in [0.05, 0.1) is 10.6 Å². The van der Waals surface area contributed by atoms with Gasteiger partial charge in [0.15, 0.2) is 0 Å². The number of hydrogen-bond acceptors (Lipinski definition) is 3. The molecule has 3 rings (SSSR count). The van der Waals surface area contributed by atoms with Crippen LogP contribution in [0.1, 0.15) is 18.4 Å². The number of amides is 1. The fourth-order valence-corrected chi connectivity index (χ4v) is 3.86. The predicted octanol–water partition coefficient (Wildman–Crippen LogP) is 2.79. The van der Waals surface area contributed by atoms with Crippen LogP contribution in [0.5, 0.6) is 0 Å². The molecule has 1 amide bonds. The van der Waals surface area contributed by atoms with E-state index >= 15 is 0 Å². The number of rotatable bonds is 6. The van der Waals surface area contributed by atoms with Crippen molar-refractivity contribution in [2.24, 2.45) is 0 Å². The molecule has 132 valence electrons. The van der Waals surface area contributed by atoms with Crippen LogP contribution in [0.3, 0.4) is 0 Å². The fourth-order valence-electron chi connectivity index (χ4n) is 2.81. The van der Waals surface area contributed by atoms with Gasteiger partial charge in [-0.05, 0) is 48.7 Å². The minimum absolute atomic E-state index is 0.109. The highest BCUT2D eigenvalue weighted by molar-refractivity contribution is 7.92. The zero-order valence-corrected chi connectivity index (χ0v) is 14.4. The maximum atomic E-state index is 13.2. The molecule has 0 aromatic heterocycles. The second kappa shape index (κ2) is 7.23. The number of carbonyl (C=O) groups is 1. The Hall–Kier alpha value is -2.41. The average Bonchev–Trinajstić information content (AvgIpc) is 2.98. The third-order valence-electron chi connectivity index (χ3n) is 4.15. The van der Waals surface area contributed by atoms with Crippen LogP contribution in [0, 0.1) is 5.82 Å². The van der Waals surface area contributed by atoms with Gasteiger partial charge >= 0.3 is 0 Å². The molecule has 0 unspecified atom stereocenters. The van der Waals surface area contributed by atoms with Crippen molar-refractivity contribution in [2.45, 2.75) is 24.2 Å². The van der Waals surface area contributed by atoms with Gasteiger partial charge in [0.1, 0.15) is 5.82 Å². The maximum Gasteiger partial charge on any atom is 0.261 e. The third kappa shape index (κ3) is 4.36. The summed E-state index contributed by atoms with van der Waals surface area (Å²) in [5.41, 5.74) is 1.14. The Morgan fingerprint density at radius 1 is 1.12 bits per heavy atom. The number of sulfonamides is 1. The molecule has 2 aromatic rings. The van der Waals surface area contributed by atoms with Gasteiger partial charge < -0.3 is 4.90 Å². The lowest BCUT2D eigenvalue weighted by molar-refractivity contribution is -0.127. The molecule has 0 bridgehead atoms. The number of halogens is 1. The van der Waals surface area contributed by atoms with Crippen molar-refractivity contribution in [3.8, 4) is 0 Å². The van der Waals surface area contributed by atoms with Gasteiger partial charge in [-0.1, -0.05) is 18.2 Å². The Kier molecular flexibility index (Phi) is 5.03. The summed E-state index contributed by atoms with van der Waals surface area (Å²) >= 11 is 0. The molecule has 0 aliphatic carbocycles. The van der Waals surface area contributed by atoms with Gasteiger partial charge in [0.25, 0.3) is 10.0 Å². The molecule has 2 aromatic carbocycles.